The van der Waals surface area contributed by atoms with Crippen LogP contribution in [0.25, 0.3) is 0 Å². The molecule has 0 aromatic rings. The number of carbonyl (C=O) groups is 1. The predicted molar refractivity (Wildman–Crippen MR) is 113 cm³/mol. The maximum absolute atomic E-state index is 12.4. The molecule has 3 aliphatic rings. The van der Waals surface area contributed by atoms with Crippen LogP contribution < -0.4 is 0 Å². The van der Waals surface area contributed by atoms with Crippen LogP contribution in [0.1, 0.15) is 84.0 Å². The zero-order chi connectivity index (χ0) is 19.8. The maximum Gasteiger partial charge on any atom is 0.334 e. The minimum atomic E-state index is -0.181. The van der Waals surface area contributed by atoms with Gasteiger partial charge in [0.25, 0.3) is 0 Å². The topological polar surface area (TPSA) is 38.8 Å². The summed E-state index contributed by atoms with van der Waals surface area (Å²) in [4.78, 5) is 14.7. The molecule has 0 spiro atoms. The minimum absolute atomic E-state index is 0.0736. The van der Waals surface area contributed by atoms with Gasteiger partial charge < -0.3 is 9.47 Å². The van der Waals surface area contributed by atoms with Crippen LogP contribution in [-0.4, -0.2) is 49.3 Å². The Morgan fingerprint density at radius 3 is 2.46 bits per heavy atom. The Hall–Kier alpha value is -0.870. The number of hydrogen-bond donors (Lipinski definition) is 0. The van der Waals surface area contributed by atoms with Crippen molar-refractivity contribution in [2.24, 2.45) is 11.8 Å². The van der Waals surface area contributed by atoms with Crippen molar-refractivity contribution in [3.63, 3.8) is 0 Å². The van der Waals surface area contributed by atoms with E-state index < -0.39 is 0 Å². The molecular weight excluding hydrogens is 350 g/mol. The van der Waals surface area contributed by atoms with E-state index in [1.165, 1.54) is 51.4 Å². The lowest BCUT2D eigenvalue weighted by Gasteiger charge is -2.37. The number of ether oxygens (including phenoxy) is 2. The summed E-state index contributed by atoms with van der Waals surface area (Å²) >= 11 is 0. The molecule has 1 aliphatic carbocycles. The second-order valence-electron chi connectivity index (χ2n) is 9.34. The molecule has 0 aromatic carbocycles. The average Bonchev–Trinajstić information content (AvgIpc) is 3.22. The van der Waals surface area contributed by atoms with E-state index in [1.54, 1.807) is 0 Å². The van der Waals surface area contributed by atoms with Crippen LogP contribution in [0.5, 0.6) is 0 Å². The lowest BCUT2D eigenvalue weighted by Crippen LogP contribution is -2.36. The van der Waals surface area contributed by atoms with Crippen LogP contribution in [-0.2, 0) is 14.3 Å². The maximum atomic E-state index is 12.4. The van der Waals surface area contributed by atoms with E-state index in [1.807, 2.05) is 0 Å². The Kier molecular flexibility index (Phi) is 8.85. The first-order valence-electron chi connectivity index (χ1n) is 11.9. The van der Waals surface area contributed by atoms with Crippen molar-refractivity contribution in [1.29, 1.82) is 0 Å². The van der Waals surface area contributed by atoms with Gasteiger partial charge in [0, 0.05) is 18.7 Å². The van der Waals surface area contributed by atoms with Gasteiger partial charge in [0.05, 0.1) is 6.10 Å². The molecule has 28 heavy (non-hydrogen) atoms. The van der Waals surface area contributed by atoms with E-state index in [-0.39, 0.29) is 12.1 Å². The van der Waals surface area contributed by atoms with Crippen LogP contribution in [0.3, 0.4) is 0 Å². The normalized spacial score (nSPS) is 31.6. The summed E-state index contributed by atoms with van der Waals surface area (Å²) in [5, 5.41) is 0. The van der Waals surface area contributed by atoms with Crippen molar-refractivity contribution in [3.8, 4) is 0 Å². The largest absolute Gasteiger partial charge is 0.459 e. The molecule has 1 saturated carbocycles. The number of esters is 1. The van der Waals surface area contributed by atoms with Gasteiger partial charge >= 0.3 is 5.97 Å². The Morgan fingerprint density at radius 1 is 1.07 bits per heavy atom. The Morgan fingerprint density at radius 2 is 1.82 bits per heavy atom. The van der Waals surface area contributed by atoms with Gasteiger partial charge in [-0.25, -0.2) is 4.79 Å². The average molecular weight is 392 g/mol. The van der Waals surface area contributed by atoms with E-state index in [4.69, 9.17) is 9.47 Å². The third-order valence-electron chi connectivity index (χ3n) is 7.04. The first-order valence-corrected chi connectivity index (χ1v) is 11.9. The molecule has 3 rings (SSSR count). The van der Waals surface area contributed by atoms with Gasteiger partial charge in [-0.1, -0.05) is 32.8 Å². The fourth-order valence-corrected chi connectivity index (χ4v) is 5.20. The van der Waals surface area contributed by atoms with Crippen LogP contribution in [0, 0.1) is 11.8 Å². The molecule has 0 amide bonds. The van der Waals surface area contributed by atoms with Crippen LogP contribution >= 0.6 is 0 Å². The first-order chi connectivity index (χ1) is 13.7. The molecule has 2 heterocycles. The molecule has 2 aliphatic heterocycles. The van der Waals surface area contributed by atoms with Gasteiger partial charge in [-0.15, -0.1) is 0 Å². The summed E-state index contributed by atoms with van der Waals surface area (Å²) in [6.45, 7) is 10.0. The molecule has 160 valence electrons. The molecule has 0 bridgehead atoms. The van der Waals surface area contributed by atoms with E-state index >= 15 is 0 Å². The zero-order valence-electron chi connectivity index (χ0n) is 18.0. The second kappa shape index (κ2) is 11.3. The van der Waals surface area contributed by atoms with Gasteiger partial charge in [-0.2, -0.15) is 0 Å². The smallest absolute Gasteiger partial charge is 0.334 e. The quantitative estimate of drug-likeness (QED) is 0.311. The number of rotatable bonds is 9. The van der Waals surface area contributed by atoms with Crippen molar-refractivity contribution in [1.82, 2.24) is 4.90 Å². The van der Waals surface area contributed by atoms with Gasteiger partial charge in [0.1, 0.15) is 6.10 Å². The molecule has 0 N–H and O–H groups in total. The Balaban J connectivity index is 1.31. The minimum Gasteiger partial charge on any atom is -0.459 e. The fraction of sp³-hybridized carbons (Fsp3) is 0.875. The number of unbranched alkanes of at least 4 members (excludes halogenated alkanes) is 2. The summed E-state index contributed by atoms with van der Waals surface area (Å²) in [5.74, 6) is 1.25. The van der Waals surface area contributed by atoms with E-state index in [2.05, 4.69) is 18.4 Å². The summed E-state index contributed by atoms with van der Waals surface area (Å²) in [6.07, 6.45) is 15.1. The molecule has 2 unspecified atom stereocenters. The van der Waals surface area contributed by atoms with Crippen LogP contribution in [0.15, 0.2) is 12.2 Å². The van der Waals surface area contributed by atoms with Crippen LogP contribution in [0.2, 0.25) is 0 Å². The highest BCUT2D eigenvalue weighted by Crippen LogP contribution is 2.35. The summed E-state index contributed by atoms with van der Waals surface area (Å²) in [7, 11) is 0. The molecule has 2 saturated heterocycles. The number of nitrogens with zero attached hydrogens (tertiary/aromatic N) is 1. The lowest BCUT2D eigenvalue weighted by molar-refractivity contribution is -0.147. The lowest BCUT2D eigenvalue weighted by atomic mass is 9.80. The number of hydrogen-bond acceptors (Lipinski definition) is 4. The molecule has 0 aromatic heterocycles. The molecule has 4 nitrogen and oxygen atoms in total. The summed E-state index contributed by atoms with van der Waals surface area (Å²) < 4.78 is 12.0. The van der Waals surface area contributed by atoms with Crippen molar-refractivity contribution < 1.29 is 14.3 Å². The fourth-order valence-electron chi connectivity index (χ4n) is 5.20. The first kappa shape index (κ1) is 21.8. The van der Waals surface area contributed by atoms with Crippen LogP contribution in [0.4, 0.5) is 0 Å². The monoisotopic (exact) mass is 391 g/mol. The summed E-state index contributed by atoms with van der Waals surface area (Å²) in [6, 6.07) is 0. The Bertz CT molecular complexity index is 484. The van der Waals surface area contributed by atoms with E-state index in [0.717, 1.165) is 51.3 Å². The number of carbonyl (C=O) groups excluding carboxylic acids is 1. The van der Waals surface area contributed by atoms with Gasteiger partial charge in [0.2, 0.25) is 0 Å². The van der Waals surface area contributed by atoms with Gasteiger partial charge in [0.15, 0.2) is 0 Å². The third-order valence-corrected chi connectivity index (χ3v) is 7.04. The van der Waals surface area contributed by atoms with Gasteiger partial charge in [-0.05, 0) is 82.7 Å². The number of likely N-dealkylation sites (tertiary alicyclic amines) is 1. The highest BCUT2D eigenvalue weighted by atomic mass is 16.5. The van der Waals surface area contributed by atoms with Crippen molar-refractivity contribution in [2.45, 2.75) is 96.2 Å². The molecule has 0 radical (unpaired) electrons. The summed E-state index contributed by atoms with van der Waals surface area (Å²) in [5.41, 5.74) is 0.619. The molecule has 2 atom stereocenters. The second-order valence-corrected chi connectivity index (χ2v) is 9.34. The van der Waals surface area contributed by atoms with Gasteiger partial charge in [-0.3, -0.25) is 4.90 Å². The predicted octanol–water partition coefficient (Wildman–Crippen LogP) is 5.12. The van der Waals surface area contributed by atoms with E-state index in [0.29, 0.717) is 24.1 Å². The third kappa shape index (κ3) is 6.59. The SMILES string of the molecule is C=C(CN1CCCC1)C(=O)OC1CCC(C2CCC(CCCCC)CO2)CC1. The van der Waals surface area contributed by atoms with Crippen molar-refractivity contribution >= 4 is 5.97 Å². The zero-order valence-corrected chi connectivity index (χ0v) is 18.0. The Labute approximate surface area is 172 Å². The van der Waals surface area contributed by atoms with Crippen molar-refractivity contribution in [2.75, 3.05) is 26.2 Å². The van der Waals surface area contributed by atoms with E-state index in [9.17, 15) is 4.79 Å². The standard InChI is InChI=1S/C24H41NO3/c1-3-4-5-8-20-9-14-23(27-18-20)21-10-12-22(13-11-21)28-24(26)19(2)17-25-15-6-7-16-25/h20-23H,2-18H2,1H3. The highest BCUT2D eigenvalue weighted by Gasteiger charge is 2.33. The molecular formula is C24H41NO3. The van der Waals surface area contributed by atoms with Crippen molar-refractivity contribution in [3.05, 3.63) is 12.2 Å². The highest BCUT2D eigenvalue weighted by molar-refractivity contribution is 5.88. The molecule has 3 fully saturated rings. The molecule has 4 heteroatoms.